The van der Waals surface area contributed by atoms with Gasteiger partial charge in [0.15, 0.2) is 22.7 Å². The number of Topliss-reactive ketones (excluding diaryl/α,β-unsaturated/α-hetero) is 1. The summed E-state index contributed by atoms with van der Waals surface area (Å²) in [6.45, 7) is 1.83. The molecule has 6 heteroatoms. The number of nitriles is 2. The molecule has 0 aliphatic heterocycles. The lowest BCUT2D eigenvalue weighted by atomic mass is 9.84. The summed E-state index contributed by atoms with van der Waals surface area (Å²) >= 11 is 5.94. The molecule has 1 aliphatic rings. The molecule has 2 aromatic carbocycles. The standard InChI is InChI=1S/C22H19ClN2O3/c1-4-22(20(26)14-5-8-16(23)9-6-14)19(21(22,12-24)13-25)15-7-10-17(27-2)18(11-15)28-3/h5-11,19H,4H2,1-3H3. The van der Waals surface area contributed by atoms with Gasteiger partial charge in [-0.05, 0) is 48.4 Å². The molecule has 3 rings (SSSR count). The predicted octanol–water partition coefficient (Wildman–Crippen LogP) is 4.77. The van der Waals surface area contributed by atoms with E-state index in [0.717, 1.165) is 0 Å². The topological polar surface area (TPSA) is 83.1 Å². The summed E-state index contributed by atoms with van der Waals surface area (Å²) in [6, 6.07) is 16.0. The molecule has 0 aromatic heterocycles. The van der Waals surface area contributed by atoms with Crippen LogP contribution >= 0.6 is 11.6 Å². The molecule has 0 saturated heterocycles. The number of hydrogen-bond donors (Lipinski definition) is 0. The first-order valence-electron chi connectivity index (χ1n) is 8.80. The minimum Gasteiger partial charge on any atom is -0.493 e. The van der Waals surface area contributed by atoms with Gasteiger partial charge in [-0.15, -0.1) is 0 Å². The van der Waals surface area contributed by atoms with Crippen molar-refractivity contribution in [3.05, 3.63) is 58.6 Å². The van der Waals surface area contributed by atoms with E-state index < -0.39 is 16.7 Å². The lowest BCUT2D eigenvalue weighted by Crippen LogP contribution is -2.22. The molecule has 5 nitrogen and oxygen atoms in total. The van der Waals surface area contributed by atoms with Crippen LogP contribution in [0.15, 0.2) is 42.5 Å². The monoisotopic (exact) mass is 394 g/mol. The van der Waals surface area contributed by atoms with Crippen LogP contribution in [0.4, 0.5) is 0 Å². The number of nitrogens with zero attached hydrogens (tertiary/aromatic N) is 2. The maximum atomic E-state index is 13.5. The van der Waals surface area contributed by atoms with Crippen LogP contribution in [0.1, 0.15) is 35.2 Å². The average Bonchev–Trinajstić information content (AvgIpc) is 3.36. The van der Waals surface area contributed by atoms with Crippen LogP contribution in [0.5, 0.6) is 11.5 Å². The van der Waals surface area contributed by atoms with E-state index in [-0.39, 0.29) is 5.78 Å². The second-order valence-electron chi connectivity index (χ2n) is 6.74. The zero-order chi connectivity index (χ0) is 20.5. The minimum absolute atomic E-state index is 0.227. The van der Waals surface area contributed by atoms with E-state index in [1.54, 1.807) is 42.5 Å². The third-order valence-electron chi connectivity index (χ3n) is 5.71. The molecule has 1 saturated carbocycles. The molecule has 0 radical (unpaired) electrons. The molecule has 28 heavy (non-hydrogen) atoms. The smallest absolute Gasteiger partial charge is 0.172 e. The first-order valence-corrected chi connectivity index (χ1v) is 9.18. The fraction of sp³-hybridized carbons (Fsp3) is 0.318. The normalized spacial score (nSPS) is 21.9. The van der Waals surface area contributed by atoms with Crippen LogP contribution in [0.2, 0.25) is 5.02 Å². The van der Waals surface area contributed by atoms with Crippen LogP contribution in [0.3, 0.4) is 0 Å². The summed E-state index contributed by atoms with van der Waals surface area (Å²) in [5.41, 5.74) is -1.45. The van der Waals surface area contributed by atoms with Gasteiger partial charge in [-0.25, -0.2) is 0 Å². The van der Waals surface area contributed by atoms with Gasteiger partial charge in [0.25, 0.3) is 0 Å². The summed E-state index contributed by atoms with van der Waals surface area (Å²) in [6.07, 6.45) is 0.356. The lowest BCUT2D eigenvalue weighted by molar-refractivity contribution is 0.0875. The van der Waals surface area contributed by atoms with E-state index in [1.807, 2.05) is 6.92 Å². The summed E-state index contributed by atoms with van der Waals surface area (Å²) in [4.78, 5) is 13.5. The van der Waals surface area contributed by atoms with Crippen LogP contribution < -0.4 is 9.47 Å². The quantitative estimate of drug-likeness (QED) is 0.659. The van der Waals surface area contributed by atoms with Gasteiger partial charge in [-0.1, -0.05) is 24.6 Å². The van der Waals surface area contributed by atoms with Crippen molar-refractivity contribution in [1.29, 1.82) is 10.5 Å². The number of benzene rings is 2. The number of ether oxygens (including phenoxy) is 2. The largest absolute Gasteiger partial charge is 0.493 e. The average molecular weight is 395 g/mol. The van der Waals surface area contributed by atoms with Gasteiger partial charge in [0, 0.05) is 16.5 Å². The van der Waals surface area contributed by atoms with Gasteiger partial charge < -0.3 is 9.47 Å². The number of methoxy groups -OCH3 is 2. The molecule has 1 aliphatic carbocycles. The first-order chi connectivity index (χ1) is 13.4. The number of hydrogen-bond acceptors (Lipinski definition) is 5. The number of carbonyl (C=O) groups is 1. The second-order valence-corrected chi connectivity index (χ2v) is 7.18. The number of ketones is 1. The van der Waals surface area contributed by atoms with Gasteiger partial charge in [-0.2, -0.15) is 10.5 Å². The zero-order valence-corrected chi connectivity index (χ0v) is 16.6. The van der Waals surface area contributed by atoms with E-state index in [9.17, 15) is 15.3 Å². The highest BCUT2D eigenvalue weighted by molar-refractivity contribution is 6.30. The van der Waals surface area contributed by atoms with Crippen molar-refractivity contribution in [2.24, 2.45) is 10.8 Å². The highest BCUT2D eigenvalue weighted by Gasteiger charge is 2.81. The lowest BCUT2D eigenvalue weighted by Gasteiger charge is -2.15. The summed E-state index contributed by atoms with van der Waals surface area (Å²) in [5, 5.41) is 20.4. The van der Waals surface area contributed by atoms with Crippen molar-refractivity contribution in [3.63, 3.8) is 0 Å². The minimum atomic E-state index is -1.45. The van der Waals surface area contributed by atoms with Crippen LogP contribution in [0.25, 0.3) is 0 Å². The number of rotatable bonds is 6. The second kappa shape index (κ2) is 7.19. The Hall–Kier alpha value is -3.02. The molecule has 2 unspecified atom stereocenters. The van der Waals surface area contributed by atoms with Crippen LogP contribution in [-0.4, -0.2) is 20.0 Å². The van der Waals surface area contributed by atoms with E-state index in [1.165, 1.54) is 14.2 Å². The highest BCUT2D eigenvalue weighted by Crippen LogP contribution is 2.76. The van der Waals surface area contributed by atoms with Crippen LogP contribution in [0, 0.1) is 33.5 Å². The van der Waals surface area contributed by atoms with Crippen molar-refractivity contribution in [2.75, 3.05) is 14.2 Å². The Morgan fingerprint density at radius 2 is 1.68 bits per heavy atom. The number of carbonyl (C=O) groups excluding carboxylic acids is 1. The first kappa shape index (κ1) is 19.7. The maximum Gasteiger partial charge on any atom is 0.172 e. The van der Waals surface area contributed by atoms with Gasteiger partial charge in [0.05, 0.1) is 31.8 Å². The Kier molecular flexibility index (Phi) is 5.06. The van der Waals surface area contributed by atoms with Crippen LogP contribution in [-0.2, 0) is 0 Å². The molecular formula is C22H19ClN2O3. The molecule has 0 N–H and O–H groups in total. The van der Waals surface area contributed by atoms with Gasteiger partial charge >= 0.3 is 0 Å². The predicted molar refractivity (Wildman–Crippen MR) is 104 cm³/mol. The van der Waals surface area contributed by atoms with E-state index in [4.69, 9.17) is 21.1 Å². The molecule has 0 spiro atoms. The molecule has 142 valence electrons. The third-order valence-corrected chi connectivity index (χ3v) is 5.96. The fourth-order valence-electron chi connectivity index (χ4n) is 4.27. The summed E-state index contributed by atoms with van der Waals surface area (Å²) in [5.74, 6) is 0.232. The molecule has 1 fully saturated rings. The zero-order valence-electron chi connectivity index (χ0n) is 15.8. The molecular weight excluding hydrogens is 376 g/mol. The maximum absolute atomic E-state index is 13.5. The van der Waals surface area contributed by atoms with Gasteiger partial charge in [0.2, 0.25) is 0 Å². The van der Waals surface area contributed by atoms with Crippen molar-refractivity contribution in [1.82, 2.24) is 0 Å². The number of halogens is 1. The molecule has 2 aromatic rings. The Morgan fingerprint density at radius 3 is 2.18 bits per heavy atom. The third kappa shape index (κ3) is 2.55. The SMILES string of the molecule is CCC1(C(=O)c2ccc(Cl)cc2)C(c2ccc(OC)c(OC)c2)C1(C#N)C#N. The fourth-order valence-corrected chi connectivity index (χ4v) is 4.39. The Morgan fingerprint density at radius 1 is 1.07 bits per heavy atom. The molecule has 0 amide bonds. The van der Waals surface area contributed by atoms with E-state index in [0.29, 0.717) is 34.1 Å². The molecule has 2 atom stereocenters. The van der Waals surface area contributed by atoms with Gasteiger partial charge in [-0.3, -0.25) is 4.79 Å². The van der Waals surface area contributed by atoms with Crippen molar-refractivity contribution in [3.8, 4) is 23.6 Å². The Bertz CT molecular complexity index is 990. The summed E-state index contributed by atoms with van der Waals surface area (Å²) in [7, 11) is 3.05. The van der Waals surface area contributed by atoms with E-state index in [2.05, 4.69) is 12.1 Å². The molecule has 0 bridgehead atoms. The summed E-state index contributed by atoms with van der Waals surface area (Å²) < 4.78 is 10.6. The Balaban J connectivity index is 2.15. The molecule has 0 heterocycles. The van der Waals surface area contributed by atoms with Crippen molar-refractivity contribution < 1.29 is 14.3 Å². The van der Waals surface area contributed by atoms with E-state index >= 15 is 0 Å². The highest BCUT2D eigenvalue weighted by atomic mass is 35.5. The van der Waals surface area contributed by atoms with Crippen molar-refractivity contribution in [2.45, 2.75) is 19.3 Å². The Labute approximate surface area is 169 Å². The van der Waals surface area contributed by atoms with Crippen molar-refractivity contribution >= 4 is 17.4 Å². The van der Waals surface area contributed by atoms with Gasteiger partial charge in [0.1, 0.15) is 0 Å².